The van der Waals surface area contributed by atoms with E-state index in [0.717, 1.165) is 11.3 Å². The molecule has 2 aromatic carbocycles. The first kappa shape index (κ1) is 20.1. The minimum Gasteiger partial charge on any atom is -0.487 e. The lowest BCUT2D eigenvalue weighted by molar-refractivity contribution is -0.146. The molecule has 1 N–H and O–H groups in total. The van der Waals surface area contributed by atoms with Gasteiger partial charge in [-0.2, -0.15) is 0 Å². The first-order valence-electron chi connectivity index (χ1n) is 9.26. The van der Waals surface area contributed by atoms with Gasteiger partial charge in [0.2, 0.25) is 0 Å². The summed E-state index contributed by atoms with van der Waals surface area (Å²) in [6.45, 7) is 2.09. The first-order valence-corrected chi connectivity index (χ1v) is 9.26. The number of amides is 1. The molecule has 0 bridgehead atoms. The number of hydrogen-bond acceptors (Lipinski definition) is 5. The Hall–Kier alpha value is -3.67. The van der Waals surface area contributed by atoms with Crippen LogP contribution in [0.2, 0.25) is 0 Å². The van der Waals surface area contributed by atoms with Crippen LogP contribution in [0.4, 0.5) is 0 Å². The smallest absolute Gasteiger partial charge is 0.328 e. The van der Waals surface area contributed by atoms with E-state index < -0.39 is 12.0 Å². The monoisotopic (exact) mass is 390 g/mol. The predicted molar refractivity (Wildman–Crippen MR) is 108 cm³/mol. The molecule has 0 aliphatic carbocycles. The lowest BCUT2D eigenvalue weighted by Crippen LogP contribution is -2.39. The summed E-state index contributed by atoms with van der Waals surface area (Å²) in [5.74, 6) is -0.108. The highest BCUT2D eigenvalue weighted by Gasteiger charge is 2.17. The minimum atomic E-state index is -0.747. The standard InChI is InChI=1S/C23H22N2O4/c1-17(25-22(26)19-7-3-2-4-8-19)23(27)29-15-18-10-12-21(13-11-18)28-16-20-9-5-6-14-24-20/h2-14,17H,15-16H2,1H3,(H,25,26)/t17-/m0/s1. The summed E-state index contributed by atoms with van der Waals surface area (Å²) >= 11 is 0. The fourth-order valence-electron chi connectivity index (χ4n) is 2.53. The van der Waals surface area contributed by atoms with Crippen molar-refractivity contribution in [2.75, 3.05) is 0 Å². The van der Waals surface area contributed by atoms with Crippen molar-refractivity contribution in [3.8, 4) is 5.75 Å². The van der Waals surface area contributed by atoms with Crippen molar-refractivity contribution in [3.63, 3.8) is 0 Å². The summed E-state index contributed by atoms with van der Waals surface area (Å²) < 4.78 is 11.0. The van der Waals surface area contributed by atoms with Gasteiger partial charge in [0.25, 0.3) is 5.91 Å². The second-order valence-electron chi connectivity index (χ2n) is 6.42. The molecule has 1 atom stereocenters. The number of aromatic nitrogens is 1. The Morgan fingerprint density at radius 3 is 2.34 bits per heavy atom. The zero-order chi connectivity index (χ0) is 20.5. The van der Waals surface area contributed by atoms with Crippen LogP contribution in [-0.2, 0) is 22.7 Å². The Labute approximate surface area is 169 Å². The number of esters is 1. The van der Waals surface area contributed by atoms with E-state index in [4.69, 9.17) is 9.47 Å². The molecule has 0 saturated heterocycles. The van der Waals surface area contributed by atoms with Gasteiger partial charge in [-0.1, -0.05) is 36.4 Å². The van der Waals surface area contributed by atoms with Crippen molar-refractivity contribution in [1.29, 1.82) is 0 Å². The summed E-state index contributed by atoms with van der Waals surface area (Å²) in [5, 5.41) is 2.63. The van der Waals surface area contributed by atoms with Gasteiger partial charge in [0.05, 0.1) is 5.69 Å². The lowest BCUT2D eigenvalue weighted by Gasteiger charge is -2.13. The van der Waals surface area contributed by atoms with E-state index in [2.05, 4.69) is 10.3 Å². The molecule has 0 radical (unpaired) electrons. The highest BCUT2D eigenvalue weighted by molar-refractivity contribution is 5.96. The van der Waals surface area contributed by atoms with Crippen LogP contribution in [0.25, 0.3) is 0 Å². The number of benzene rings is 2. The zero-order valence-corrected chi connectivity index (χ0v) is 16.1. The number of nitrogens with zero attached hydrogens (tertiary/aromatic N) is 1. The summed E-state index contributed by atoms with van der Waals surface area (Å²) in [6, 6.07) is 20.9. The van der Waals surface area contributed by atoms with Crippen LogP contribution in [0.3, 0.4) is 0 Å². The van der Waals surface area contributed by atoms with E-state index in [1.165, 1.54) is 0 Å². The molecule has 29 heavy (non-hydrogen) atoms. The fourth-order valence-corrected chi connectivity index (χ4v) is 2.53. The Bertz CT molecular complexity index is 928. The molecule has 148 valence electrons. The van der Waals surface area contributed by atoms with Gasteiger partial charge in [0, 0.05) is 11.8 Å². The molecule has 1 aromatic heterocycles. The molecule has 0 fully saturated rings. The van der Waals surface area contributed by atoms with Crippen molar-refractivity contribution < 1.29 is 19.1 Å². The van der Waals surface area contributed by atoms with E-state index in [9.17, 15) is 9.59 Å². The molecule has 6 nitrogen and oxygen atoms in total. The Morgan fingerprint density at radius 1 is 0.931 bits per heavy atom. The molecule has 3 rings (SSSR count). The molecule has 0 saturated carbocycles. The molecule has 0 aliphatic rings. The van der Waals surface area contributed by atoms with E-state index in [-0.39, 0.29) is 12.5 Å². The van der Waals surface area contributed by atoms with Gasteiger partial charge in [0.1, 0.15) is 25.0 Å². The minimum absolute atomic E-state index is 0.116. The number of ether oxygens (including phenoxy) is 2. The van der Waals surface area contributed by atoms with E-state index >= 15 is 0 Å². The molecule has 0 unspecified atom stereocenters. The topological polar surface area (TPSA) is 77.5 Å². The third-order valence-electron chi connectivity index (χ3n) is 4.15. The van der Waals surface area contributed by atoms with Crippen molar-refractivity contribution in [2.45, 2.75) is 26.2 Å². The van der Waals surface area contributed by atoms with Gasteiger partial charge in [-0.3, -0.25) is 9.78 Å². The summed E-state index contributed by atoms with van der Waals surface area (Å²) in [7, 11) is 0. The molecule has 0 aliphatic heterocycles. The van der Waals surface area contributed by atoms with Gasteiger partial charge in [0.15, 0.2) is 0 Å². The van der Waals surface area contributed by atoms with Crippen LogP contribution in [0.5, 0.6) is 5.75 Å². The van der Waals surface area contributed by atoms with E-state index in [1.807, 2.05) is 48.5 Å². The molecule has 6 heteroatoms. The maximum absolute atomic E-state index is 12.1. The lowest BCUT2D eigenvalue weighted by atomic mass is 10.2. The van der Waals surface area contributed by atoms with Crippen LogP contribution < -0.4 is 10.1 Å². The van der Waals surface area contributed by atoms with Gasteiger partial charge in [-0.25, -0.2) is 4.79 Å². The van der Waals surface area contributed by atoms with Crippen molar-refractivity contribution >= 4 is 11.9 Å². The third kappa shape index (κ3) is 6.17. The molecule has 1 heterocycles. The van der Waals surface area contributed by atoms with Crippen LogP contribution >= 0.6 is 0 Å². The SMILES string of the molecule is C[C@H](NC(=O)c1ccccc1)C(=O)OCc1ccc(OCc2ccccn2)cc1. The molecular weight excluding hydrogens is 368 g/mol. The molecule has 1 amide bonds. The Morgan fingerprint density at radius 2 is 1.66 bits per heavy atom. The maximum Gasteiger partial charge on any atom is 0.328 e. The third-order valence-corrected chi connectivity index (χ3v) is 4.15. The number of nitrogens with one attached hydrogen (secondary N) is 1. The molecule has 3 aromatic rings. The number of pyridine rings is 1. The quantitative estimate of drug-likeness (QED) is 0.596. The van der Waals surface area contributed by atoms with E-state index in [1.54, 1.807) is 37.4 Å². The van der Waals surface area contributed by atoms with Crippen LogP contribution in [-0.4, -0.2) is 22.9 Å². The first-order chi connectivity index (χ1) is 14.1. The van der Waals surface area contributed by atoms with Crippen molar-refractivity contribution in [1.82, 2.24) is 10.3 Å². The van der Waals surface area contributed by atoms with Gasteiger partial charge >= 0.3 is 5.97 Å². The number of carbonyl (C=O) groups is 2. The van der Waals surface area contributed by atoms with Crippen LogP contribution in [0.15, 0.2) is 79.0 Å². The predicted octanol–water partition coefficient (Wildman–Crippen LogP) is 3.52. The zero-order valence-electron chi connectivity index (χ0n) is 16.1. The highest BCUT2D eigenvalue weighted by atomic mass is 16.5. The van der Waals surface area contributed by atoms with Crippen molar-refractivity contribution in [2.24, 2.45) is 0 Å². The van der Waals surface area contributed by atoms with Crippen LogP contribution in [0.1, 0.15) is 28.5 Å². The summed E-state index contributed by atoms with van der Waals surface area (Å²) in [5.41, 5.74) is 2.16. The molecular formula is C23H22N2O4. The Balaban J connectivity index is 1.44. The van der Waals surface area contributed by atoms with Gasteiger partial charge in [-0.05, 0) is 48.9 Å². The Kier molecular flexibility index (Phi) is 6.95. The van der Waals surface area contributed by atoms with Gasteiger partial charge in [-0.15, -0.1) is 0 Å². The van der Waals surface area contributed by atoms with Crippen molar-refractivity contribution in [3.05, 3.63) is 95.8 Å². The fraction of sp³-hybridized carbons (Fsp3) is 0.174. The van der Waals surface area contributed by atoms with Gasteiger partial charge < -0.3 is 14.8 Å². The largest absolute Gasteiger partial charge is 0.487 e. The number of hydrogen-bond donors (Lipinski definition) is 1. The average molecular weight is 390 g/mol. The number of rotatable bonds is 8. The summed E-state index contributed by atoms with van der Waals surface area (Å²) in [6.07, 6.45) is 1.72. The second kappa shape index (κ2) is 10.0. The number of carbonyl (C=O) groups excluding carboxylic acids is 2. The molecule has 0 spiro atoms. The second-order valence-corrected chi connectivity index (χ2v) is 6.42. The maximum atomic E-state index is 12.1. The highest BCUT2D eigenvalue weighted by Crippen LogP contribution is 2.14. The average Bonchev–Trinajstić information content (AvgIpc) is 2.78. The van der Waals surface area contributed by atoms with E-state index in [0.29, 0.717) is 17.9 Å². The normalized spacial score (nSPS) is 11.3. The summed E-state index contributed by atoms with van der Waals surface area (Å²) in [4.78, 5) is 28.4. The van der Waals surface area contributed by atoms with Crippen LogP contribution in [0, 0.1) is 0 Å².